The van der Waals surface area contributed by atoms with Crippen molar-refractivity contribution in [2.24, 2.45) is 0 Å². The van der Waals surface area contributed by atoms with E-state index in [2.05, 4.69) is 34.1 Å². The second-order valence-electron chi connectivity index (χ2n) is 7.99. The summed E-state index contributed by atoms with van der Waals surface area (Å²) in [5.41, 5.74) is 1.09. The van der Waals surface area contributed by atoms with Crippen molar-refractivity contribution in [2.75, 3.05) is 45.9 Å². The Morgan fingerprint density at radius 1 is 0.933 bits per heavy atom. The Morgan fingerprint density at radius 3 is 2.27 bits per heavy atom. The van der Waals surface area contributed by atoms with E-state index < -0.39 is 0 Å². The summed E-state index contributed by atoms with van der Waals surface area (Å²) >= 11 is 0. The van der Waals surface area contributed by atoms with Crippen LogP contribution in [-0.2, 0) is 17.9 Å². The first-order chi connectivity index (χ1) is 14.7. The van der Waals surface area contributed by atoms with E-state index in [9.17, 15) is 9.59 Å². The molecule has 4 rings (SSSR count). The molecule has 0 N–H and O–H groups in total. The van der Waals surface area contributed by atoms with Gasteiger partial charge in [-0.15, -0.1) is 0 Å². The van der Waals surface area contributed by atoms with Gasteiger partial charge in [-0.3, -0.25) is 19.4 Å². The number of benzene rings is 1. The van der Waals surface area contributed by atoms with Crippen molar-refractivity contribution < 1.29 is 13.9 Å². The van der Waals surface area contributed by atoms with E-state index in [4.69, 9.17) is 9.15 Å². The highest BCUT2D eigenvalue weighted by molar-refractivity contribution is 5.77. The van der Waals surface area contributed by atoms with Gasteiger partial charge in [0.15, 0.2) is 6.61 Å². The largest absolute Gasteiger partial charge is 0.477 e. The van der Waals surface area contributed by atoms with E-state index in [1.165, 1.54) is 17.9 Å². The summed E-state index contributed by atoms with van der Waals surface area (Å²) in [7, 11) is 0. The third-order valence-corrected chi connectivity index (χ3v) is 5.76. The fraction of sp³-hybridized carbons (Fsp3) is 0.478. The van der Waals surface area contributed by atoms with Gasteiger partial charge >= 0.3 is 0 Å². The molecule has 30 heavy (non-hydrogen) atoms. The Morgan fingerprint density at radius 2 is 1.60 bits per heavy atom. The number of nitrogens with zero attached hydrogens (tertiary/aromatic N) is 3. The van der Waals surface area contributed by atoms with Gasteiger partial charge in [0.1, 0.15) is 12.0 Å². The molecule has 1 amide bonds. The van der Waals surface area contributed by atoms with Gasteiger partial charge in [0, 0.05) is 51.9 Å². The summed E-state index contributed by atoms with van der Waals surface area (Å²) in [5, 5.41) is 0. The fourth-order valence-corrected chi connectivity index (χ4v) is 3.99. The number of amides is 1. The van der Waals surface area contributed by atoms with Crippen LogP contribution in [0.15, 0.2) is 51.9 Å². The van der Waals surface area contributed by atoms with Gasteiger partial charge in [0.05, 0.1) is 6.54 Å². The van der Waals surface area contributed by atoms with Crippen LogP contribution in [0.4, 0.5) is 0 Å². The molecule has 0 atom stereocenters. The SMILES string of the molecule is O=C(COc1coc(CN2CCN(Cc3ccccc3)CC2)cc1=O)N1CCCC1. The number of carbonyl (C=O) groups is 1. The summed E-state index contributed by atoms with van der Waals surface area (Å²) in [6.45, 7) is 6.82. The van der Waals surface area contributed by atoms with E-state index >= 15 is 0 Å². The van der Waals surface area contributed by atoms with Crippen LogP contribution in [-0.4, -0.2) is 66.5 Å². The molecule has 0 aliphatic carbocycles. The van der Waals surface area contributed by atoms with Gasteiger partial charge in [-0.25, -0.2) is 0 Å². The number of ether oxygens (including phenoxy) is 1. The first-order valence-corrected chi connectivity index (χ1v) is 10.7. The zero-order chi connectivity index (χ0) is 20.8. The van der Waals surface area contributed by atoms with Gasteiger partial charge < -0.3 is 14.1 Å². The summed E-state index contributed by atoms with van der Waals surface area (Å²) in [5.74, 6) is 0.637. The van der Waals surface area contributed by atoms with Crippen molar-refractivity contribution in [2.45, 2.75) is 25.9 Å². The average molecular weight is 412 g/mol. The smallest absolute Gasteiger partial charge is 0.260 e. The van der Waals surface area contributed by atoms with E-state index in [-0.39, 0.29) is 23.7 Å². The summed E-state index contributed by atoms with van der Waals surface area (Å²) in [4.78, 5) is 30.9. The maximum absolute atomic E-state index is 12.3. The standard InChI is InChI=1S/C23H29N3O4/c27-21-14-20(29-17-22(21)30-18-23(28)26-8-4-5-9-26)16-25-12-10-24(11-13-25)15-19-6-2-1-3-7-19/h1-3,6-7,14,17H,4-5,8-13,15-16,18H2. The van der Waals surface area contributed by atoms with E-state index in [0.717, 1.165) is 58.7 Å². The predicted octanol–water partition coefficient (Wildman–Crippen LogP) is 1.96. The molecule has 0 radical (unpaired) electrons. The van der Waals surface area contributed by atoms with Crippen molar-refractivity contribution in [3.05, 3.63) is 64.2 Å². The number of hydrogen-bond donors (Lipinski definition) is 0. The van der Waals surface area contributed by atoms with Crippen LogP contribution in [0, 0.1) is 0 Å². The zero-order valence-electron chi connectivity index (χ0n) is 17.3. The van der Waals surface area contributed by atoms with Crippen molar-refractivity contribution in [1.82, 2.24) is 14.7 Å². The van der Waals surface area contributed by atoms with Crippen molar-refractivity contribution in [3.8, 4) is 5.75 Å². The minimum atomic E-state index is -0.242. The van der Waals surface area contributed by atoms with Crippen LogP contribution in [0.1, 0.15) is 24.2 Å². The zero-order valence-corrected chi connectivity index (χ0v) is 17.3. The van der Waals surface area contributed by atoms with Gasteiger partial charge in [-0.1, -0.05) is 30.3 Å². The minimum absolute atomic E-state index is 0.0793. The lowest BCUT2D eigenvalue weighted by Gasteiger charge is -2.34. The summed E-state index contributed by atoms with van der Waals surface area (Å²) < 4.78 is 11.0. The van der Waals surface area contributed by atoms with Gasteiger partial charge in [0.25, 0.3) is 5.91 Å². The second-order valence-corrected chi connectivity index (χ2v) is 7.99. The molecule has 1 aromatic carbocycles. The number of carbonyl (C=O) groups excluding carboxylic acids is 1. The predicted molar refractivity (Wildman–Crippen MR) is 113 cm³/mol. The molecule has 160 valence electrons. The van der Waals surface area contributed by atoms with Gasteiger partial charge in [-0.2, -0.15) is 0 Å². The van der Waals surface area contributed by atoms with Crippen LogP contribution < -0.4 is 10.2 Å². The van der Waals surface area contributed by atoms with Crippen molar-refractivity contribution in [1.29, 1.82) is 0 Å². The number of piperazine rings is 1. The Hall–Kier alpha value is -2.64. The Kier molecular flexibility index (Phi) is 6.81. The Bertz CT molecular complexity index is 885. The molecule has 0 bridgehead atoms. The molecule has 1 aromatic heterocycles. The lowest BCUT2D eigenvalue weighted by atomic mass is 10.2. The highest BCUT2D eigenvalue weighted by atomic mass is 16.5. The van der Waals surface area contributed by atoms with E-state index in [1.54, 1.807) is 4.90 Å². The molecular formula is C23H29N3O4. The summed E-state index contributed by atoms with van der Waals surface area (Å²) in [6.07, 6.45) is 3.40. The molecule has 7 heteroatoms. The molecule has 7 nitrogen and oxygen atoms in total. The Labute approximate surface area is 176 Å². The molecule has 2 aromatic rings. The molecule has 2 aliphatic heterocycles. The maximum Gasteiger partial charge on any atom is 0.260 e. The van der Waals surface area contributed by atoms with Crippen LogP contribution in [0.2, 0.25) is 0 Å². The highest BCUT2D eigenvalue weighted by Crippen LogP contribution is 2.13. The number of likely N-dealkylation sites (tertiary alicyclic amines) is 1. The van der Waals surface area contributed by atoms with Crippen LogP contribution in [0.25, 0.3) is 0 Å². The van der Waals surface area contributed by atoms with Crippen molar-refractivity contribution in [3.63, 3.8) is 0 Å². The van der Waals surface area contributed by atoms with Gasteiger partial charge in [0.2, 0.25) is 11.2 Å². The Balaban J connectivity index is 1.24. The molecular weight excluding hydrogens is 382 g/mol. The molecule has 0 saturated carbocycles. The lowest BCUT2D eigenvalue weighted by Crippen LogP contribution is -2.45. The van der Waals surface area contributed by atoms with Gasteiger partial charge in [-0.05, 0) is 18.4 Å². The third kappa shape index (κ3) is 5.49. The van der Waals surface area contributed by atoms with E-state index in [1.807, 2.05) is 6.07 Å². The molecule has 2 aliphatic rings. The first kappa shape index (κ1) is 20.6. The monoisotopic (exact) mass is 411 g/mol. The normalized spacial score (nSPS) is 17.9. The fourth-order valence-electron chi connectivity index (χ4n) is 3.99. The van der Waals surface area contributed by atoms with E-state index in [0.29, 0.717) is 12.3 Å². The van der Waals surface area contributed by atoms with Crippen molar-refractivity contribution >= 4 is 5.91 Å². The van der Waals surface area contributed by atoms with Crippen LogP contribution in [0.3, 0.4) is 0 Å². The summed E-state index contributed by atoms with van der Waals surface area (Å²) in [6, 6.07) is 12.0. The number of rotatable bonds is 7. The van der Waals surface area contributed by atoms with Crippen LogP contribution in [0.5, 0.6) is 5.75 Å². The third-order valence-electron chi connectivity index (χ3n) is 5.76. The number of hydrogen-bond acceptors (Lipinski definition) is 6. The lowest BCUT2D eigenvalue weighted by molar-refractivity contribution is -0.132. The first-order valence-electron chi connectivity index (χ1n) is 10.7. The minimum Gasteiger partial charge on any atom is -0.477 e. The quantitative estimate of drug-likeness (QED) is 0.694. The highest BCUT2D eigenvalue weighted by Gasteiger charge is 2.20. The van der Waals surface area contributed by atoms with Crippen LogP contribution >= 0.6 is 0 Å². The maximum atomic E-state index is 12.3. The molecule has 2 saturated heterocycles. The molecule has 2 fully saturated rings. The molecule has 0 unspecified atom stereocenters. The topological polar surface area (TPSA) is 66.2 Å². The molecule has 3 heterocycles. The molecule has 0 spiro atoms. The second kappa shape index (κ2) is 9.91. The average Bonchev–Trinajstić information content (AvgIpc) is 3.30.